The highest BCUT2D eigenvalue weighted by molar-refractivity contribution is 6.88. The van der Waals surface area contributed by atoms with E-state index in [4.69, 9.17) is 5.26 Å². The molecule has 0 unspecified atom stereocenters. The smallest absolute Gasteiger partial charge is 0.190 e. The van der Waals surface area contributed by atoms with Crippen LogP contribution in [0, 0.1) is 11.0 Å². The molecular weight excluding hydrogens is 102 g/mol. The first kappa shape index (κ1) is 6.45. The van der Waals surface area contributed by atoms with Crippen molar-refractivity contribution in [3.8, 4) is 5.69 Å². The van der Waals surface area contributed by atoms with E-state index in [1.54, 1.807) is 5.70 Å². The molecule has 7 heavy (non-hydrogen) atoms. The molecule has 0 aliphatic rings. The maximum Gasteiger partial charge on any atom is 0.190 e. The predicted molar refractivity (Wildman–Crippen MR) is 33.3 cm³/mol. The van der Waals surface area contributed by atoms with Crippen LogP contribution in [0.2, 0.25) is 13.1 Å². The van der Waals surface area contributed by atoms with Crippen molar-refractivity contribution >= 4 is 8.07 Å². The Morgan fingerprint density at radius 1 is 1.71 bits per heavy atom. The van der Waals surface area contributed by atoms with E-state index in [0.717, 1.165) is 0 Å². The van der Waals surface area contributed by atoms with Gasteiger partial charge in [0.05, 0.1) is 0 Å². The number of hydrogen-bond acceptors (Lipinski definition) is 1. The van der Waals surface area contributed by atoms with Gasteiger partial charge in [-0.2, -0.15) is 0 Å². The highest BCUT2D eigenvalue weighted by Gasteiger charge is 2.13. The lowest BCUT2D eigenvalue weighted by Gasteiger charge is -1.99. The SMILES string of the molecule is C=C[Si](C)(C)C#N. The third-order valence-electron chi connectivity index (χ3n) is 0.798. The molecule has 2 heteroatoms. The van der Waals surface area contributed by atoms with Gasteiger partial charge in [-0.15, -0.1) is 6.58 Å². The lowest BCUT2D eigenvalue weighted by molar-refractivity contribution is 1.54. The molecule has 0 rings (SSSR count). The van der Waals surface area contributed by atoms with Crippen molar-refractivity contribution in [3.63, 3.8) is 0 Å². The van der Waals surface area contributed by atoms with Crippen LogP contribution in [-0.2, 0) is 0 Å². The van der Waals surface area contributed by atoms with E-state index in [1.165, 1.54) is 0 Å². The van der Waals surface area contributed by atoms with E-state index in [0.29, 0.717) is 0 Å². The predicted octanol–water partition coefficient (Wildman–Crippen LogP) is 1.48. The van der Waals surface area contributed by atoms with Gasteiger partial charge in [0.2, 0.25) is 0 Å². The van der Waals surface area contributed by atoms with Crippen LogP contribution in [-0.4, -0.2) is 8.07 Å². The quantitative estimate of drug-likeness (QED) is 0.470. The average molecular weight is 111 g/mol. The Kier molecular flexibility index (Phi) is 1.79. The van der Waals surface area contributed by atoms with Gasteiger partial charge in [0.1, 0.15) is 0 Å². The van der Waals surface area contributed by atoms with Crippen molar-refractivity contribution in [3.05, 3.63) is 12.3 Å². The van der Waals surface area contributed by atoms with Gasteiger partial charge >= 0.3 is 0 Å². The minimum absolute atomic E-state index is 1.58. The van der Waals surface area contributed by atoms with Crippen molar-refractivity contribution in [2.24, 2.45) is 0 Å². The van der Waals surface area contributed by atoms with E-state index in [2.05, 4.69) is 12.3 Å². The molecule has 0 aromatic rings. The maximum atomic E-state index is 8.33. The largest absolute Gasteiger partial charge is 0.206 e. The monoisotopic (exact) mass is 111 g/mol. The summed E-state index contributed by atoms with van der Waals surface area (Å²) in [6.07, 6.45) is 0. The molecule has 1 nitrogen and oxygen atoms in total. The molecule has 0 N–H and O–H groups in total. The van der Waals surface area contributed by atoms with Crippen LogP contribution in [0.3, 0.4) is 0 Å². The van der Waals surface area contributed by atoms with Crippen molar-refractivity contribution in [2.45, 2.75) is 13.1 Å². The van der Waals surface area contributed by atoms with E-state index < -0.39 is 8.07 Å². The molecule has 0 spiro atoms. The molecule has 0 atom stereocenters. The topological polar surface area (TPSA) is 23.8 Å². The Morgan fingerprint density at radius 3 is 2.14 bits per heavy atom. The molecule has 0 aromatic heterocycles. The normalized spacial score (nSPS) is 9.86. The van der Waals surface area contributed by atoms with Gasteiger partial charge in [0.15, 0.2) is 8.07 Å². The summed E-state index contributed by atoms with van der Waals surface area (Å²) in [6, 6.07) is 0. The zero-order valence-electron chi connectivity index (χ0n) is 4.73. The summed E-state index contributed by atoms with van der Waals surface area (Å²) in [4.78, 5) is 0. The molecule has 0 saturated carbocycles. The van der Waals surface area contributed by atoms with Crippen molar-refractivity contribution < 1.29 is 0 Å². The molecule has 0 aliphatic carbocycles. The van der Waals surface area contributed by atoms with Gasteiger partial charge in [-0.3, -0.25) is 0 Å². The summed E-state index contributed by atoms with van der Waals surface area (Å²) in [5.74, 6) is 0. The summed E-state index contributed by atoms with van der Waals surface area (Å²) in [5, 5.41) is 8.33. The maximum absolute atomic E-state index is 8.33. The molecule has 0 fully saturated rings. The van der Waals surface area contributed by atoms with Crippen molar-refractivity contribution in [2.75, 3.05) is 0 Å². The molecule has 0 radical (unpaired) electrons. The molecule has 0 aromatic carbocycles. The highest BCUT2D eigenvalue weighted by Crippen LogP contribution is 1.97. The van der Waals surface area contributed by atoms with E-state index in [9.17, 15) is 0 Å². The van der Waals surface area contributed by atoms with Crippen LogP contribution in [0.25, 0.3) is 0 Å². The summed E-state index contributed by atoms with van der Waals surface area (Å²) >= 11 is 0. The number of rotatable bonds is 1. The van der Waals surface area contributed by atoms with E-state index in [1.807, 2.05) is 13.1 Å². The Bertz CT molecular complexity index is 110. The van der Waals surface area contributed by atoms with Crippen LogP contribution in [0.1, 0.15) is 0 Å². The molecule has 0 heterocycles. The average Bonchev–Trinajstić information content (AvgIpc) is 1.68. The summed E-state index contributed by atoms with van der Waals surface area (Å²) < 4.78 is 0. The molecule has 0 saturated heterocycles. The first-order valence-electron chi connectivity index (χ1n) is 2.17. The molecule has 0 aliphatic heterocycles. The van der Waals surface area contributed by atoms with Crippen molar-refractivity contribution in [1.29, 1.82) is 5.26 Å². The number of nitrogens with zero attached hydrogens (tertiary/aromatic N) is 1. The lowest BCUT2D eigenvalue weighted by atomic mass is 11.3. The first-order valence-corrected chi connectivity index (χ1v) is 5.25. The highest BCUT2D eigenvalue weighted by atomic mass is 28.3. The van der Waals surface area contributed by atoms with Crippen LogP contribution >= 0.6 is 0 Å². The standard InChI is InChI=1S/C5H9NSi/c1-4-7(2,3)5-6/h4H,1H2,2-3H3. The second-order valence-corrected chi connectivity index (χ2v) is 6.11. The van der Waals surface area contributed by atoms with E-state index >= 15 is 0 Å². The Morgan fingerprint density at radius 2 is 2.14 bits per heavy atom. The third-order valence-corrected chi connectivity index (χ3v) is 2.40. The Labute approximate surface area is 45.3 Å². The van der Waals surface area contributed by atoms with Crippen LogP contribution < -0.4 is 0 Å². The fourth-order valence-electron chi connectivity index (χ4n) is 0.0456. The van der Waals surface area contributed by atoms with Crippen LogP contribution in [0.4, 0.5) is 0 Å². The second-order valence-electron chi connectivity index (χ2n) is 2.04. The zero-order valence-corrected chi connectivity index (χ0v) is 5.73. The van der Waals surface area contributed by atoms with Gasteiger partial charge in [-0.05, 0) is 0 Å². The minimum atomic E-state index is -1.58. The number of nitriles is 1. The summed E-state index contributed by atoms with van der Waals surface area (Å²) in [5.41, 5.74) is 3.98. The Balaban J connectivity index is 3.91. The van der Waals surface area contributed by atoms with Crippen LogP contribution in [0.5, 0.6) is 0 Å². The minimum Gasteiger partial charge on any atom is -0.206 e. The second kappa shape index (κ2) is 1.94. The fraction of sp³-hybridized carbons (Fsp3) is 0.400. The van der Waals surface area contributed by atoms with Gasteiger partial charge < -0.3 is 0 Å². The molecule has 0 bridgehead atoms. The fourth-order valence-corrected chi connectivity index (χ4v) is 0.137. The van der Waals surface area contributed by atoms with Crippen LogP contribution in [0.15, 0.2) is 12.3 Å². The van der Waals surface area contributed by atoms with E-state index in [-0.39, 0.29) is 0 Å². The Hall–Kier alpha value is -0.553. The van der Waals surface area contributed by atoms with Crippen molar-refractivity contribution in [1.82, 2.24) is 0 Å². The number of hydrogen-bond donors (Lipinski definition) is 0. The molecule has 0 amide bonds. The van der Waals surface area contributed by atoms with Gasteiger partial charge in [0.25, 0.3) is 0 Å². The summed E-state index contributed by atoms with van der Waals surface area (Å²) in [6.45, 7) is 7.46. The first-order chi connectivity index (χ1) is 3.12. The van der Waals surface area contributed by atoms with Gasteiger partial charge in [-0.25, -0.2) is 5.26 Å². The summed E-state index contributed by atoms with van der Waals surface area (Å²) in [7, 11) is -1.58. The van der Waals surface area contributed by atoms with Gasteiger partial charge in [-0.1, -0.05) is 18.8 Å². The zero-order chi connectivity index (χ0) is 5.91. The third kappa shape index (κ3) is 2.18. The van der Waals surface area contributed by atoms with Gasteiger partial charge in [0, 0.05) is 5.69 Å². The molecule has 38 valence electrons. The molecular formula is C5H9NSi. The lowest BCUT2D eigenvalue weighted by Crippen LogP contribution is -2.18.